The first-order valence-corrected chi connectivity index (χ1v) is 6.31. The fourth-order valence-electron chi connectivity index (χ4n) is 2.57. The third kappa shape index (κ3) is 2.88. The zero-order valence-corrected chi connectivity index (χ0v) is 11.0. The largest absolute Gasteiger partial charge is 0.497 e. The zero-order valence-electron chi connectivity index (χ0n) is 11.0. The minimum Gasteiger partial charge on any atom is -0.497 e. The lowest BCUT2D eigenvalue weighted by Gasteiger charge is -2.34. The van der Waals surface area contributed by atoms with E-state index in [1.54, 1.807) is 12.1 Å². The Morgan fingerprint density at radius 3 is 2.80 bits per heavy atom. The smallest absolute Gasteiger partial charge is 0.401 e. The molecule has 6 heteroatoms. The molecule has 1 unspecified atom stereocenters. The number of alkyl halides is 3. The van der Waals surface area contributed by atoms with Crippen LogP contribution in [0.3, 0.4) is 0 Å². The maximum absolute atomic E-state index is 12.4. The number of rotatable bonds is 3. The molecular formula is C14H15F3N2O. The fraction of sp³-hybridized carbons (Fsp3) is 0.500. The van der Waals surface area contributed by atoms with Crippen molar-refractivity contribution < 1.29 is 17.9 Å². The Bertz CT molecular complexity index is 536. The maximum atomic E-state index is 12.4. The Balaban J connectivity index is 2.39. The summed E-state index contributed by atoms with van der Waals surface area (Å²) in [5, 5.41) is 11.8. The SMILES string of the molecule is COc1ccc2c(c1)C(C#N)(NCC(F)(F)F)CCC2. The number of nitrogens with zero attached hydrogens (tertiary/aromatic N) is 1. The molecule has 0 saturated heterocycles. The quantitative estimate of drug-likeness (QED) is 0.928. The van der Waals surface area contributed by atoms with Gasteiger partial charge in [0.1, 0.15) is 11.3 Å². The minimum atomic E-state index is -4.35. The normalized spacial score (nSPS) is 21.9. The van der Waals surface area contributed by atoms with Gasteiger partial charge in [-0.25, -0.2) is 0 Å². The second kappa shape index (κ2) is 5.33. The van der Waals surface area contributed by atoms with Gasteiger partial charge in [0.15, 0.2) is 0 Å². The van der Waals surface area contributed by atoms with E-state index in [4.69, 9.17) is 4.74 Å². The monoisotopic (exact) mass is 284 g/mol. The third-order valence-corrected chi connectivity index (χ3v) is 3.56. The number of halogens is 3. The van der Waals surface area contributed by atoms with Crippen LogP contribution in [0.1, 0.15) is 24.0 Å². The topological polar surface area (TPSA) is 45.0 Å². The molecule has 0 radical (unpaired) electrons. The second-order valence-electron chi connectivity index (χ2n) is 4.86. The highest BCUT2D eigenvalue weighted by Crippen LogP contribution is 2.37. The Morgan fingerprint density at radius 1 is 1.45 bits per heavy atom. The summed E-state index contributed by atoms with van der Waals surface area (Å²) in [5.41, 5.74) is 0.195. The first kappa shape index (κ1) is 14.7. The van der Waals surface area contributed by atoms with Crippen LogP contribution in [-0.2, 0) is 12.0 Å². The van der Waals surface area contributed by atoms with Crippen LogP contribution >= 0.6 is 0 Å². The third-order valence-electron chi connectivity index (χ3n) is 3.56. The van der Waals surface area contributed by atoms with Crippen molar-refractivity contribution in [3.8, 4) is 11.8 Å². The van der Waals surface area contributed by atoms with Crippen molar-refractivity contribution in [3.05, 3.63) is 29.3 Å². The Kier molecular flexibility index (Phi) is 3.91. The van der Waals surface area contributed by atoms with Crippen LogP contribution in [0, 0.1) is 11.3 Å². The van der Waals surface area contributed by atoms with E-state index in [1.807, 2.05) is 12.1 Å². The van der Waals surface area contributed by atoms with Gasteiger partial charge >= 0.3 is 6.18 Å². The molecule has 0 aromatic heterocycles. The molecule has 0 bridgehead atoms. The molecule has 108 valence electrons. The van der Waals surface area contributed by atoms with Gasteiger partial charge in [0.05, 0.1) is 19.7 Å². The molecular weight excluding hydrogens is 269 g/mol. The van der Waals surface area contributed by atoms with Gasteiger partial charge < -0.3 is 4.74 Å². The van der Waals surface area contributed by atoms with E-state index in [0.29, 0.717) is 24.2 Å². The van der Waals surface area contributed by atoms with Gasteiger partial charge in [-0.3, -0.25) is 5.32 Å². The number of hydrogen-bond donors (Lipinski definition) is 1. The molecule has 1 atom stereocenters. The highest BCUT2D eigenvalue weighted by atomic mass is 19.4. The van der Waals surface area contributed by atoms with E-state index < -0.39 is 18.3 Å². The second-order valence-corrected chi connectivity index (χ2v) is 4.86. The van der Waals surface area contributed by atoms with Gasteiger partial charge in [0.2, 0.25) is 0 Å². The van der Waals surface area contributed by atoms with E-state index in [2.05, 4.69) is 5.32 Å². The molecule has 0 heterocycles. The Labute approximate surface area is 115 Å². The number of nitrogens with one attached hydrogen (secondary N) is 1. The van der Waals surface area contributed by atoms with Gasteiger partial charge in [-0.2, -0.15) is 18.4 Å². The fourth-order valence-corrected chi connectivity index (χ4v) is 2.57. The summed E-state index contributed by atoms with van der Waals surface area (Å²) < 4.78 is 42.4. The first-order chi connectivity index (χ1) is 9.40. The number of fused-ring (bicyclic) bond motifs is 1. The lowest BCUT2D eigenvalue weighted by molar-refractivity contribution is -0.128. The van der Waals surface area contributed by atoms with Crippen LogP contribution in [0.5, 0.6) is 5.75 Å². The van der Waals surface area contributed by atoms with Crippen molar-refractivity contribution in [1.29, 1.82) is 5.26 Å². The van der Waals surface area contributed by atoms with Gasteiger partial charge in [-0.1, -0.05) is 6.07 Å². The van der Waals surface area contributed by atoms with Gasteiger partial charge in [0.25, 0.3) is 0 Å². The standard InChI is InChI=1S/C14H15F3N2O/c1-20-11-5-4-10-3-2-6-13(8-18,12(10)7-11)19-9-14(15,16)17/h4-5,7,19H,2-3,6,9H2,1H3. The van der Waals surface area contributed by atoms with Gasteiger partial charge in [0, 0.05) is 0 Å². The molecule has 0 saturated carbocycles. The molecule has 0 fully saturated rings. The van der Waals surface area contributed by atoms with Crippen molar-refractivity contribution in [2.75, 3.05) is 13.7 Å². The summed E-state index contributed by atoms with van der Waals surface area (Å²) >= 11 is 0. The highest BCUT2D eigenvalue weighted by Gasteiger charge is 2.40. The molecule has 1 aliphatic carbocycles. The highest BCUT2D eigenvalue weighted by molar-refractivity contribution is 5.45. The summed E-state index contributed by atoms with van der Waals surface area (Å²) in [6.07, 6.45) is -2.55. The first-order valence-electron chi connectivity index (χ1n) is 6.31. The molecule has 0 aliphatic heterocycles. The van der Waals surface area contributed by atoms with Crippen molar-refractivity contribution in [2.45, 2.75) is 31.0 Å². The van der Waals surface area contributed by atoms with Crippen molar-refractivity contribution in [1.82, 2.24) is 5.32 Å². The zero-order chi connectivity index (χ0) is 14.8. The lowest BCUT2D eigenvalue weighted by atomic mass is 9.77. The molecule has 1 N–H and O–H groups in total. The number of benzene rings is 1. The molecule has 1 aliphatic rings. The molecule has 20 heavy (non-hydrogen) atoms. The average molecular weight is 284 g/mol. The number of methoxy groups -OCH3 is 1. The predicted octanol–water partition coefficient (Wildman–Crippen LogP) is 2.90. The van der Waals surface area contributed by atoms with E-state index >= 15 is 0 Å². The number of nitriles is 1. The van der Waals surface area contributed by atoms with Gasteiger partial charge in [-0.15, -0.1) is 0 Å². The maximum Gasteiger partial charge on any atom is 0.401 e. The molecule has 1 aromatic rings. The molecule has 2 rings (SSSR count). The summed E-state index contributed by atoms with van der Waals surface area (Å²) in [6, 6.07) is 7.26. The van der Waals surface area contributed by atoms with Crippen LogP contribution in [-0.4, -0.2) is 19.8 Å². The van der Waals surface area contributed by atoms with Crippen LogP contribution < -0.4 is 10.1 Å². The van der Waals surface area contributed by atoms with Crippen molar-refractivity contribution >= 4 is 0 Å². The van der Waals surface area contributed by atoms with E-state index in [9.17, 15) is 18.4 Å². The van der Waals surface area contributed by atoms with Crippen LogP contribution in [0.15, 0.2) is 18.2 Å². The summed E-state index contributed by atoms with van der Waals surface area (Å²) in [5.74, 6) is 0.541. The Morgan fingerprint density at radius 2 is 2.20 bits per heavy atom. The summed E-state index contributed by atoms with van der Waals surface area (Å²) in [6.45, 7) is -1.18. The van der Waals surface area contributed by atoms with Crippen LogP contribution in [0.2, 0.25) is 0 Å². The van der Waals surface area contributed by atoms with E-state index in [-0.39, 0.29) is 0 Å². The van der Waals surface area contributed by atoms with E-state index in [0.717, 1.165) is 12.0 Å². The number of aryl methyl sites for hydroxylation is 1. The summed E-state index contributed by atoms with van der Waals surface area (Å²) in [7, 11) is 1.49. The van der Waals surface area contributed by atoms with Crippen molar-refractivity contribution in [2.24, 2.45) is 0 Å². The molecule has 1 aromatic carbocycles. The minimum absolute atomic E-state index is 0.361. The van der Waals surface area contributed by atoms with Crippen LogP contribution in [0.4, 0.5) is 13.2 Å². The van der Waals surface area contributed by atoms with Crippen molar-refractivity contribution in [3.63, 3.8) is 0 Å². The number of ether oxygens (including phenoxy) is 1. The average Bonchev–Trinajstić information content (AvgIpc) is 2.43. The molecule has 0 amide bonds. The predicted molar refractivity (Wildman–Crippen MR) is 67.3 cm³/mol. The summed E-state index contributed by atoms with van der Waals surface area (Å²) in [4.78, 5) is 0. The van der Waals surface area contributed by atoms with Crippen LogP contribution in [0.25, 0.3) is 0 Å². The molecule has 3 nitrogen and oxygen atoms in total. The molecule has 0 spiro atoms. The Hall–Kier alpha value is -1.74. The van der Waals surface area contributed by atoms with Gasteiger partial charge in [-0.05, 0) is 42.5 Å². The van der Waals surface area contributed by atoms with E-state index in [1.165, 1.54) is 7.11 Å². The lowest BCUT2D eigenvalue weighted by Crippen LogP contribution is -2.47. The number of hydrogen-bond acceptors (Lipinski definition) is 3.